The number of amides is 3. The Balaban J connectivity index is 1.52. The molecule has 12 nitrogen and oxygen atoms in total. The predicted octanol–water partition coefficient (Wildman–Crippen LogP) is 0.342. The van der Waals surface area contributed by atoms with Crippen molar-refractivity contribution in [2.45, 2.75) is 43.6 Å². The number of nitrogens with zero attached hydrogens (tertiary/aromatic N) is 1. The summed E-state index contributed by atoms with van der Waals surface area (Å²) in [5.74, 6) is -4.59. The number of carboxylic acids is 2. The lowest BCUT2D eigenvalue weighted by molar-refractivity contribution is -0.151. The number of fused-ring (bicyclic) bond motifs is 1. The molecule has 1 fully saturated rings. The van der Waals surface area contributed by atoms with Crippen LogP contribution in [0.4, 0.5) is 0 Å². The molecule has 2 aliphatic heterocycles. The van der Waals surface area contributed by atoms with Gasteiger partial charge in [0.15, 0.2) is 0 Å². The third-order valence-electron chi connectivity index (χ3n) is 5.55. The molecule has 0 bridgehead atoms. The number of rotatable bonds is 11. The first-order valence-electron chi connectivity index (χ1n) is 11.0. The van der Waals surface area contributed by atoms with Crippen LogP contribution in [-0.2, 0) is 28.7 Å². The molecule has 192 valence electrons. The second-order valence-electron chi connectivity index (χ2n) is 8.12. The van der Waals surface area contributed by atoms with E-state index < -0.39 is 53.1 Å². The molecule has 1 saturated heterocycles. The largest absolute Gasteiger partial charge is 0.480 e. The Hall–Kier alpha value is -3.87. The van der Waals surface area contributed by atoms with Crippen LogP contribution in [0.1, 0.15) is 36.5 Å². The molecule has 1 unspecified atom stereocenters. The fourth-order valence-corrected chi connectivity index (χ4v) is 5.11. The van der Waals surface area contributed by atoms with Crippen LogP contribution in [0.3, 0.4) is 0 Å². The van der Waals surface area contributed by atoms with Crippen molar-refractivity contribution in [1.29, 1.82) is 0 Å². The van der Waals surface area contributed by atoms with Crippen LogP contribution >= 0.6 is 11.8 Å². The van der Waals surface area contributed by atoms with Gasteiger partial charge in [-0.3, -0.25) is 24.1 Å². The molecule has 0 saturated carbocycles. The lowest BCUT2D eigenvalue weighted by Crippen LogP contribution is -2.70. The molecule has 13 heteroatoms. The molecule has 2 heterocycles. The third kappa shape index (κ3) is 6.22. The first-order chi connectivity index (χ1) is 17.1. The highest BCUT2D eigenvalue weighted by molar-refractivity contribution is 8.00. The van der Waals surface area contributed by atoms with Crippen molar-refractivity contribution in [2.24, 2.45) is 0 Å². The summed E-state index contributed by atoms with van der Waals surface area (Å²) >= 11 is 1.24. The second kappa shape index (κ2) is 11.7. The van der Waals surface area contributed by atoms with Crippen LogP contribution in [0.2, 0.25) is 0 Å². The van der Waals surface area contributed by atoms with E-state index in [-0.39, 0.29) is 42.9 Å². The van der Waals surface area contributed by atoms with Crippen molar-refractivity contribution in [1.82, 2.24) is 15.5 Å². The Labute approximate surface area is 210 Å². The first kappa shape index (κ1) is 26.7. The molecule has 3 amide bonds. The number of benzene rings is 1. The van der Waals surface area contributed by atoms with Crippen molar-refractivity contribution in [3.05, 3.63) is 47.2 Å². The van der Waals surface area contributed by atoms with E-state index in [2.05, 4.69) is 10.6 Å². The van der Waals surface area contributed by atoms with Crippen molar-refractivity contribution in [2.75, 3.05) is 12.4 Å². The Bertz CT molecular complexity index is 1110. The Morgan fingerprint density at radius 1 is 1.17 bits per heavy atom. The van der Waals surface area contributed by atoms with Gasteiger partial charge in [-0.1, -0.05) is 18.2 Å². The quantitative estimate of drug-likeness (QED) is 0.235. The monoisotopic (exact) mass is 519 g/mol. The smallest absolute Gasteiger partial charge is 0.352 e. The number of esters is 1. The van der Waals surface area contributed by atoms with Gasteiger partial charge in [0.1, 0.15) is 29.8 Å². The normalized spacial score (nSPS) is 19.5. The van der Waals surface area contributed by atoms with Crippen LogP contribution in [0.15, 0.2) is 41.6 Å². The first-order valence-corrected chi connectivity index (χ1v) is 12.1. The van der Waals surface area contributed by atoms with E-state index in [0.29, 0.717) is 5.56 Å². The number of β-lactam (4-membered cyclic amide) rings is 1. The van der Waals surface area contributed by atoms with Crippen LogP contribution < -0.4 is 10.6 Å². The van der Waals surface area contributed by atoms with E-state index in [1.165, 1.54) is 18.7 Å². The number of ether oxygens (including phenoxy) is 1. The molecule has 1 aromatic rings. The van der Waals surface area contributed by atoms with Gasteiger partial charge in [0.25, 0.3) is 11.8 Å². The summed E-state index contributed by atoms with van der Waals surface area (Å²) in [4.78, 5) is 72.6. The number of hydrogen-bond donors (Lipinski definition) is 4. The summed E-state index contributed by atoms with van der Waals surface area (Å²) in [6.45, 7) is 0.944. The summed E-state index contributed by atoms with van der Waals surface area (Å²) in [6.07, 6.45) is 0.0360. The van der Waals surface area contributed by atoms with Crippen molar-refractivity contribution in [3.8, 4) is 0 Å². The number of carboxylic acid groups (broad SMARTS) is 2. The van der Waals surface area contributed by atoms with Crippen LogP contribution in [0.25, 0.3) is 0 Å². The van der Waals surface area contributed by atoms with E-state index in [9.17, 15) is 39.0 Å². The maximum absolute atomic E-state index is 12.6. The highest BCUT2D eigenvalue weighted by atomic mass is 32.2. The summed E-state index contributed by atoms with van der Waals surface area (Å²) in [5, 5.41) is 23.3. The van der Waals surface area contributed by atoms with E-state index in [4.69, 9.17) is 4.74 Å². The van der Waals surface area contributed by atoms with Crippen molar-refractivity contribution in [3.63, 3.8) is 0 Å². The van der Waals surface area contributed by atoms with Gasteiger partial charge in [0.2, 0.25) is 5.91 Å². The SMILES string of the molecule is CC(=O)OCC1=C(C(=O)O)N2C(=O)C(NC(=O)CCC[C@@H](NC(=O)c3ccccc3)C(=O)O)[C@H]2SC1. The molecule has 1 aromatic carbocycles. The minimum Gasteiger partial charge on any atom is -0.480 e. The van der Waals surface area contributed by atoms with Gasteiger partial charge in [-0.15, -0.1) is 11.8 Å². The topological polar surface area (TPSA) is 179 Å². The molecule has 36 heavy (non-hydrogen) atoms. The Morgan fingerprint density at radius 3 is 2.47 bits per heavy atom. The number of thioether (sulfide) groups is 1. The minimum absolute atomic E-state index is 0.00431. The van der Waals surface area contributed by atoms with Crippen LogP contribution in [-0.4, -0.2) is 80.6 Å². The highest BCUT2D eigenvalue weighted by Gasteiger charge is 2.54. The van der Waals surface area contributed by atoms with E-state index >= 15 is 0 Å². The fourth-order valence-electron chi connectivity index (χ4n) is 3.78. The van der Waals surface area contributed by atoms with Gasteiger partial charge in [-0.2, -0.15) is 0 Å². The number of hydrogen-bond acceptors (Lipinski definition) is 8. The van der Waals surface area contributed by atoms with Gasteiger partial charge in [-0.25, -0.2) is 9.59 Å². The average molecular weight is 520 g/mol. The zero-order chi connectivity index (χ0) is 26.4. The van der Waals surface area contributed by atoms with E-state index in [1.807, 2.05) is 0 Å². The van der Waals surface area contributed by atoms with Gasteiger partial charge < -0.3 is 25.6 Å². The standard InChI is InChI=1S/C23H25N3O9S/c1-12(27)35-10-14-11-36-21-17(20(30)26(21)18(14)23(33)34)25-16(28)9-5-8-15(22(31)32)24-19(29)13-6-3-2-4-7-13/h2-4,6-7,15,17,21H,5,8-11H2,1H3,(H,24,29)(H,25,28)(H,31,32)(H,33,34)/t15-,17?,21-/m1/s1. The number of nitrogens with one attached hydrogen (secondary N) is 2. The lowest BCUT2D eigenvalue weighted by atomic mass is 10.0. The molecule has 4 N–H and O–H groups in total. The molecule has 2 aliphatic rings. The summed E-state index contributed by atoms with van der Waals surface area (Å²) in [6, 6.07) is 6.00. The highest BCUT2D eigenvalue weighted by Crippen LogP contribution is 2.40. The summed E-state index contributed by atoms with van der Waals surface area (Å²) < 4.78 is 4.88. The fraction of sp³-hybridized carbons (Fsp3) is 0.391. The van der Waals surface area contributed by atoms with Gasteiger partial charge in [0.05, 0.1) is 0 Å². The Kier molecular flexibility index (Phi) is 8.69. The molecular weight excluding hydrogens is 494 g/mol. The number of aliphatic carboxylic acids is 2. The molecule has 0 aromatic heterocycles. The van der Waals surface area contributed by atoms with Gasteiger partial charge in [0, 0.05) is 30.2 Å². The molecule has 3 atom stereocenters. The average Bonchev–Trinajstić information content (AvgIpc) is 2.84. The van der Waals surface area contributed by atoms with Crippen LogP contribution in [0, 0.1) is 0 Å². The molecule has 0 radical (unpaired) electrons. The van der Waals surface area contributed by atoms with Crippen LogP contribution in [0.5, 0.6) is 0 Å². The Morgan fingerprint density at radius 2 is 1.86 bits per heavy atom. The maximum Gasteiger partial charge on any atom is 0.352 e. The zero-order valence-electron chi connectivity index (χ0n) is 19.3. The zero-order valence-corrected chi connectivity index (χ0v) is 20.1. The second-order valence-corrected chi connectivity index (χ2v) is 9.22. The predicted molar refractivity (Wildman–Crippen MR) is 126 cm³/mol. The van der Waals surface area contributed by atoms with Crippen molar-refractivity contribution >= 4 is 47.4 Å². The molecule has 0 spiro atoms. The number of carbonyl (C=O) groups excluding carboxylic acids is 4. The van der Waals surface area contributed by atoms with Crippen molar-refractivity contribution < 1.29 is 43.7 Å². The summed E-state index contributed by atoms with van der Waals surface area (Å²) in [5.41, 5.74) is 0.341. The lowest BCUT2D eigenvalue weighted by Gasteiger charge is -2.49. The number of carbonyl (C=O) groups is 6. The maximum atomic E-state index is 12.6. The minimum atomic E-state index is -1.34. The molecule has 3 rings (SSSR count). The molecular formula is C23H25N3O9S. The van der Waals surface area contributed by atoms with E-state index in [1.54, 1.807) is 30.3 Å². The van der Waals surface area contributed by atoms with E-state index in [0.717, 1.165) is 4.90 Å². The third-order valence-corrected chi connectivity index (χ3v) is 6.89. The van der Waals surface area contributed by atoms with Gasteiger partial charge >= 0.3 is 17.9 Å². The van der Waals surface area contributed by atoms with Gasteiger partial charge in [-0.05, 0) is 25.0 Å². The molecule has 0 aliphatic carbocycles. The summed E-state index contributed by atoms with van der Waals surface area (Å²) in [7, 11) is 0.